The molecule has 14 aromatic rings. The molecule has 0 N–H and O–H groups in total. The van der Waals surface area contributed by atoms with Crippen LogP contribution in [0, 0.1) is 0 Å². The van der Waals surface area contributed by atoms with E-state index < -0.39 is 0 Å². The number of thiophene rings is 1. The van der Waals surface area contributed by atoms with Gasteiger partial charge in [-0.15, -0.1) is 11.3 Å². The van der Waals surface area contributed by atoms with Gasteiger partial charge in [0.15, 0.2) is 17.5 Å². The number of rotatable bonds is 7. The van der Waals surface area contributed by atoms with Gasteiger partial charge in [0.25, 0.3) is 0 Å². The van der Waals surface area contributed by atoms with Crippen molar-refractivity contribution < 1.29 is 0 Å². The minimum Gasteiger partial charge on any atom is -0.309 e. The SMILES string of the molecule is c1ccc(-c2nc(-c3ccccc3)nc(-c3cccc4sc5ccc(-c6ccc7c(c6)c6cc(-c8cccc9c8c8ccccc8n9-c8ccccc8)ccc6n7-c6ccccc6)cc5c34)n2)cc1. The lowest BCUT2D eigenvalue weighted by Gasteiger charge is -2.10. The summed E-state index contributed by atoms with van der Waals surface area (Å²) in [6.45, 7) is 0. The normalized spacial score (nSPS) is 11.8. The maximum Gasteiger partial charge on any atom is 0.164 e. The summed E-state index contributed by atoms with van der Waals surface area (Å²) < 4.78 is 7.21. The number of para-hydroxylation sites is 3. The Kier molecular flexibility index (Phi) is 9.00. The molecule has 4 heterocycles. The molecular formula is C63H39N5S. The van der Waals surface area contributed by atoms with Gasteiger partial charge >= 0.3 is 0 Å². The van der Waals surface area contributed by atoms with E-state index in [2.05, 4.69) is 209 Å². The van der Waals surface area contributed by atoms with Gasteiger partial charge in [-0.05, 0) is 101 Å². The van der Waals surface area contributed by atoms with Crippen LogP contribution in [0.4, 0.5) is 0 Å². The molecule has 10 aromatic carbocycles. The van der Waals surface area contributed by atoms with E-state index in [1.807, 2.05) is 36.4 Å². The van der Waals surface area contributed by atoms with Crippen LogP contribution in [0.15, 0.2) is 237 Å². The zero-order valence-electron chi connectivity index (χ0n) is 37.2. The van der Waals surface area contributed by atoms with Crippen LogP contribution in [0.1, 0.15) is 0 Å². The van der Waals surface area contributed by atoms with Gasteiger partial charge in [0.2, 0.25) is 0 Å². The Morgan fingerprint density at radius 2 is 0.754 bits per heavy atom. The Morgan fingerprint density at radius 1 is 0.275 bits per heavy atom. The zero-order valence-corrected chi connectivity index (χ0v) is 38.0. The lowest BCUT2D eigenvalue weighted by atomic mass is 9.96. The smallest absolute Gasteiger partial charge is 0.164 e. The molecule has 322 valence electrons. The fraction of sp³-hybridized carbons (Fsp3) is 0. The molecule has 6 heteroatoms. The summed E-state index contributed by atoms with van der Waals surface area (Å²) in [6, 6.07) is 84.7. The van der Waals surface area contributed by atoms with Crippen LogP contribution < -0.4 is 0 Å². The van der Waals surface area contributed by atoms with E-state index in [1.165, 1.54) is 69.5 Å². The van der Waals surface area contributed by atoms with Crippen LogP contribution in [0.3, 0.4) is 0 Å². The molecule has 69 heavy (non-hydrogen) atoms. The molecule has 0 bridgehead atoms. The van der Waals surface area contributed by atoms with Crippen molar-refractivity contribution in [3.63, 3.8) is 0 Å². The molecule has 0 aliphatic rings. The zero-order chi connectivity index (χ0) is 45.4. The largest absolute Gasteiger partial charge is 0.309 e. The lowest BCUT2D eigenvalue weighted by Crippen LogP contribution is -2.00. The van der Waals surface area contributed by atoms with Crippen molar-refractivity contribution >= 4 is 75.1 Å². The van der Waals surface area contributed by atoms with Crippen molar-refractivity contribution in [2.24, 2.45) is 0 Å². The third-order valence-corrected chi connectivity index (χ3v) is 14.7. The highest BCUT2D eigenvalue weighted by Gasteiger charge is 2.21. The lowest BCUT2D eigenvalue weighted by molar-refractivity contribution is 1.08. The van der Waals surface area contributed by atoms with Gasteiger partial charge in [-0.3, -0.25) is 0 Å². The summed E-state index contributed by atoms with van der Waals surface area (Å²) in [5.74, 6) is 1.96. The van der Waals surface area contributed by atoms with Crippen LogP contribution in [-0.2, 0) is 0 Å². The van der Waals surface area contributed by atoms with Crippen molar-refractivity contribution in [2.75, 3.05) is 0 Å². The van der Waals surface area contributed by atoms with Gasteiger partial charge in [0.1, 0.15) is 0 Å². The Morgan fingerprint density at radius 3 is 1.42 bits per heavy atom. The van der Waals surface area contributed by atoms with Crippen molar-refractivity contribution in [1.82, 2.24) is 24.1 Å². The minimum absolute atomic E-state index is 0.651. The van der Waals surface area contributed by atoms with Gasteiger partial charge in [0.05, 0.1) is 22.1 Å². The molecule has 4 aromatic heterocycles. The van der Waals surface area contributed by atoms with E-state index in [1.54, 1.807) is 11.3 Å². The van der Waals surface area contributed by atoms with Crippen molar-refractivity contribution in [3.05, 3.63) is 237 Å². The van der Waals surface area contributed by atoms with Crippen LogP contribution in [-0.4, -0.2) is 24.1 Å². The highest BCUT2D eigenvalue weighted by atomic mass is 32.1. The fourth-order valence-electron chi connectivity index (χ4n) is 10.5. The molecule has 5 nitrogen and oxygen atoms in total. The Labute approximate surface area is 401 Å². The number of fused-ring (bicyclic) bond motifs is 9. The molecule has 0 spiro atoms. The number of benzene rings is 10. The molecule has 0 aliphatic heterocycles. The average Bonchev–Trinajstić information content (AvgIpc) is 4.09. The summed E-state index contributed by atoms with van der Waals surface area (Å²) in [7, 11) is 0. The van der Waals surface area contributed by atoms with E-state index in [4.69, 9.17) is 15.0 Å². The maximum atomic E-state index is 5.16. The Bertz CT molecular complexity index is 4230. The van der Waals surface area contributed by atoms with Crippen LogP contribution >= 0.6 is 11.3 Å². The third kappa shape index (κ3) is 6.41. The number of nitrogens with zero attached hydrogens (tertiary/aromatic N) is 5. The molecule has 0 radical (unpaired) electrons. The van der Waals surface area contributed by atoms with Gasteiger partial charge in [-0.2, -0.15) is 0 Å². The quantitative estimate of drug-likeness (QED) is 0.160. The summed E-state index contributed by atoms with van der Waals surface area (Å²) in [6.07, 6.45) is 0. The van der Waals surface area contributed by atoms with Gasteiger partial charge < -0.3 is 9.13 Å². The van der Waals surface area contributed by atoms with E-state index in [0.29, 0.717) is 17.5 Å². The topological polar surface area (TPSA) is 48.5 Å². The van der Waals surface area contributed by atoms with Crippen LogP contribution in [0.2, 0.25) is 0 Å². The maximum absolute atomic E-state index is 5.16. The van der Waals surface area contributed by atoms with E-state index in [-0.39, 0.29) is 0 Å². The molecular weight excluding hydrogens is 859 g/mol. The Hall–Kier alpha value is -8.97. The average molecular weight is 898 g/mol. The third-order valence-electron chi connectivity index (χ3n) is 13.6. The number of hydrogen-bond donors (Lipinski definition) is 0. The fourth-order valence-corrected chi connectivity index (χ4v) is 11.6. The van der Waals surface area contributed by atoms with Crippen molar-refractivity contribution in [3.8, 4) is 67.8 Å². The first kappa shape index (κ1) is 39.2. The van der Waals surface area contributed by atoms with E-state index >= 15 is 0 Å². The number of aromatic nitrogens is 5. The highest BCUT2D eigenvalue weighted by molar-refractivity contribution is 7.26. The van der Waals surface area contributed by atoms with E-state index in [0.717, 1.165) is 44.6 Å². The molecule has 14 rings (SSSR count). The molecule has 0 unspecified atom stereocenters. The summed E-state index contributed by atoms with van der Waals surface area (Å²) >= 11 is 1.81. The predicted molar refractivity (Wildman–Crippen MR) is 289 cm³/mol. The molecule has 0 amide bonds. The highest BCUT2D eigenvalue weighted by Crippen LogP contribution is 2.44. The molecule has 0 fully saturated rings. The van der Waals surface area contributed by atoms with Crippen molar-refractivity contribution in [2.45, 2.75) is 0 Å². The summed E-state index contributed by atoms with van der Waals surface area (Å²) in [4.78, 5) is 15.3. The standard InChI is InChI=1S/C63H39N5S/c1-5-17-40(18-6-1)61-64-62(41-19-7-2-8-20-41)66-63(65-61)49-27-16-30-58-60(49)52-38-43(33-36-57(52)69-58)42-31-34-54-50(37-42)51-39-44(32-35-55(51)67(54)45-21-9-3-10-22-45)47-26-15-29-56-59(47)48-25-13-14-28-53(48)68(56)46-23-11-4-12-24-46/h1-39H. The van der Waals surface area contributed by atoms with Crippen molar-refractivity contribution in [1.29, 1.82) is 0 Å². The second kappa shape index (κ2) is 15.8. The first-order valence-electron chi connectivity index (χ1n) is 23.3. The molecule has 0 saturated heterocycles. The first-order chi connectivity index (χ1) is 34.2. The summed E-state index contributed by atoms with van der Waals surface area (Å²) in [5.41, 5.74) is 14.6. The van der Waals surface area contributed by atoms with Gasteiger partial charge in [-0.25, -0.2) is 15.0 Å². The van der Waals surface area contributed by atoms with Gasteiger partial charge in [0, 0.05) is 69.8 Å². The summed E-state index contributed by atoms with van der Waals surface area (Å²) in [5, 5.41) is 7.24. The molecule has 0 aliphatic carbocycles. The predicted octanol–water partition coefficient (Wildman–Crippen LogP) is 16.8. The first-order valence-corrected chi connectivity index (χ1v) is 24.1. The monoisotopic (exact) mass is 897 g/mol. The minimum atomic E-state index is 0.651. The van der Waals surface area contributed by atoms with Gasteiger partial charge in [-0.1, -0.05) is 158 Å². The number of hydrogen-bond acceptors (Lipinski definition) is 4. The molecule has 0 saturated carbocycles. The Balaban J connectivity index is 0.955. The molecule has 0 atom stereocenters. The van der Waals surface area contributed by atoms with Crippen LogP contribution in [0.5, 0.6) is 0 Å². The second-order valence-electron chi connectivity index (χ2n) is 17.6. The second-order valence-corrected chi connectivity index (χ2v) is 18.6. The van der Waals surface area contributed by atoms with E-state index in [9.17, 15) is 0 Å². The van der Waals surface area contributed by atoms with Crippen LogP contribution in [0.25, 0.3) is 132 Å².